The molecule has 0 aliphatic heterocycles. The zero-order valence-corrected chi connectivity index (χ0v) is 11.0. The quantitative estimate of drug-likeness (QED) is 0.823. The fourth-order valence-corrected chi connectivity index (χ4v) is 1.76. The van der Waals surface area contributed by atoms with Gasteiger partial charge in [-0.3, -0.25) is 9.59 Å². The average Bonchev–Trinajstić information content (AvgIpc) is 2.46. The van der Waals surface area contributed by atoms with Crippen LogP contribution in [0.25, 0.3) is 0 Å². The van der Waals surface area contributed by atoms with Crippen LogP contribution in [0.4, 0.5) is 0 Å². The summed E-state index contributed by atoms with van der Waals surface area (Å²) in [6.07, 6.45) is 0.0184. The van der Waals surface area contributed by atoms with E-state index in [1.807, 2.05) is 0 Å². The van der Waals surface area contributed by atoms with Crippen LogP contribution in [0.5, 0.6) is 0 Å². The maximum absolute atomic E-state index is 11.8. The Morgan fingerprint density at radius 1 is 1.39 bits per heavy atom. The third-order valence-corrected chi connectivity index (χ3v) is 2.59. The standard InChI is InChI=1S/C12H18N2O4/c1-7-9(8(2)18-14-7)5-10(15)13-12(3,4)6-11(16)17/h5-6H2,1-4H3,(H,13,15)(H,16,17). The van der Waals surface area contributed by atoms with Gasteiger partial charge < -0.3 is 14.9 Å². The normalized spacial score (nSPS) is 11.3. The van der Waals surface area contributed by atoms with Crippen molar-refractivity contribution in [1.82, 2.24) is 10.5 Å². The first-order chi connectivity index (χ1) is 8.21. The second-order valence-corrected chi connectivity index (χ2v) is 4.98. The Bertz CT molecular complexity index is 443. The third kappa shape index (κ3) is 3.87. The molecule has 6 heteroatoms. The number of amides is 1. The average molecular weight is 254 g/mol. The number of carbonyl (C=O) groups excluding carboxylic acids is 1. The number of carbonyl (C=O) groups is 2. The molecule has 0 radical (unpaired) electrons. The molecule has 0 spiro atoms. The molecule has 0 aromatic carbocycles. The van der Waals surface area contributed by atoms with Crippen molar-refractivity contribution in [2.24, 2.45) is 0 Å². The van der Waals surface area contributed by atoms with Crippen molar-refractivity contribution in [2.45, 2.75) is 46.1 Å². The zero-order valence-electron chi connectivity index (χ0n) is 11.0. The van der Waals surface area contributed by atoms with Crippen LogP contribution in [0.2, 0.25) is 0 Å². The first-order valence-electron chi connectivity index (χ1n) is 5.66. The van der Waals surface area contributed by atoms with Crippen LogP contribution < -0.4 is 5.32 Å². The van der Waals surface area contributed by atoms with Crippen LogP contribution in [0.15, 0.2) is 4.52 Å². The second-order valence-electron chi connectivity index (χ2n) is 4.98. The number of aromatic nitrogens is 1. The van der Waals surface area contributed by atoms with Gasteiger partial charge >= 0.3 is 5.97 Å². The van der Waals surface area contributed by atoms with Gasteiger partial charge in [0, 0.05) is 11.1 Å². The molecule has 0 aliphatic rings. The number of aryl methyl sites for hydroxylation is 2. The van der Waals surface area contributed by atoms with Gasteiger partial charge in [-0.1, -0.05) is 5.16 Å². The molecule has 0 bridgehead atoms. The highest BCUT2D eigenvalue weighted by Gasteiger charge is 2.24. The van der Waals surface area contributed by atoms with Gasteiger partial charge in [0.15, 0.2) is 0 Å². The molecule has 18 heavy (non-hydrogen) atoms. The minimum Gasteiger partial charge on any atom is -0.481 e. The minimum atomic E-state index is -0.947. The van der Waals surface area contributed by atoms with E-state index >= 15 is 0 Å². The molecule has 100 valence electrons. The van der Waals surface area contributed by atoms with E-state index in [0.717, 1.165) is 5.56 Å². The lowest BCUT2D eigenvalue weighted by atomic mass is 10.00. The van der Waals surface area contributed by atoms with E-state index in [0.29, 0.717) is 11.5 Å². The van der Waals surface area contributed by atoms with Crippen LogP contribution >= 0.6 is 0 Å². The van der Waals surface area contributed by atoms with Crippen molar-refractivity contribution in [3.63, 3.8) is 0 Å². The van der Waals surface area contributed by atoms with Gasteiger partial charge in [-0.25, -0.2) is 0 Å². The summed E-state index contributed by atoms with van der Waals surface area (Å²) in [7, 11) is 0. The first kappa shape index (κ1) is 14.2. The Balaban J connectivity index is 2.65. The van der Waals surface area contributed by atoms with Gasteiger partial charge in [-0.2, -0.15) is 0 Å². The largest absolute Gasteiger partial charge is 0.481 e. The minimum absolute atomic E-state index is 0.125. The van der Waals surface area contributed by atoms with Gasteiger partial charge in [0.2, 0.25) is 5.91 Å². The molecule has 2 N–H and O–H groups in total. The van der Waals surface area contributed by atoms with Gasteiger partial charge in [0.05, 0.1) is 18.5 Å². The molecule has 0 unspecified atom stereocenters. The number of carboxylic acids is 1. The summed E-state index contributed by atoms with van der Waals surface area (Å²) in [4.78, 5) is 22.5. The Morgan fingerprint density at radius 2 is 2.00 bits per heavy atom. The topological polar surface area (TPSA) is 92.4 Å². The number of rotatable bonds is 5. The number of carboxylic acid groups (broad SMARTS) is 1. The maximum Gasteiger partial charge on any atom is 0.305 e. The number of hydrogen-bond acceptors (Lipinski definition) is 4. The van der Waals surface area contributed by atoms with Gasteiger partial charge in [0.25, 0.3) is 0 Å². The van der Waals surface area contributed by atoms with E-state index < -0.39 is 11.5 Å². The Labute approximate surface area is 105 Å². The summed E-state index contributed by atoms with van der Waals surface area (Å²) in [6, 6.07) is 0. The SMILES string of the molecule is Cc1noc(C)c1CC(=O)NC(C)(C)CC(=O)O. The monoisotopic (exact) mass is 254 g/mol. The maximum atomic E-state index is 11.8. The molecule has 6 nitrogen and oxygen atoms in total. The van der Waals surface area contributed by atoms with Crippen molar-refractivity contribution in [3.8, 4) is 0 Å². The van der Waals surface area contributed by atoms with Gasteiger partial charge in [0.1, 0.15) is 5.76 Å². The number of nitrogens with zero attached hydrogens (tertiary/aromatic N) is 1. The fraction of sp³-hybridized carbons (Fsp3) is 0.583. The summed E-state index contributed by atoms with van der Waals surface area (Å²) in [6.45, 7) is 6.85. The first-order valence-corrected chi connectivity index (χ1v) is 5.66. The summed E-state index contributed by atoms with van der Waals surface area (Å²) in [5.41, 5.74) is 0.652. The van der Waals surface area contributed by atoms with Crippen molar-refractivity contribution in [1.29, 1.82) is 0 Å². The van der Waals surface area contributed by atoms with E-state index in [2.05, 4.69) is 10.5 Å². The molecule has 1 heterocycles. The molecule has 1 amide bonds. The summed E-state index contributed by atoms with van der Waals surface area (Å²) in [5.74, 6) is -0.577. The highest BCUT2D eigenvalue weighted by Crippen LogP contribution is 2.14. The highest BCUT2D eigenvalue weighted by atomic mass is 16.5. The predicted octanol–water partition coefficient (Wildman–Crippen LogP) is 1.20. The van der Waals surface area contributed by atoms with E-state index in [9.17, 15) is 9.59 Å². The highest BCUT2D eigenvalue weighted by molar-refractivity contribution is 5.80. The van der Waals surface area contributed by atoms with E-state index in [-0.39, 0.29) is 18.7 Å². The molecule has 1 aromatic heterocycles. The summed E-state index contributed by atoms with van der Waals surface area (Å²) in [5, 5.41) is 15.2. The van der Waals surface area contributed by atoms with Crippen molar-refractivity contribution in [2.75, 3.05) is 0 Å². The summed E-state index contributed by atoms with van der Waals surface area (Å²) >= 11 is 0. The molecule has 0 atom stereocenters. The molecular formula is C12H18N2O4. The van der Waals surface area contributed by atoms with Crippen LogP contribution in [-0.2, 0) is 16.0 Å². The number of nitrogens with one attached hydrogen (secondary N) is 1. The molecule has 1 aromatic rings. The molecule has 0 aliphatic carbocycles. The third-order valence-electron chi connectivity index (χ3n) is 2.59. The smallest absolute Gasteiger partial charge is 0.305 e. The fourth-order valence-electron chi connectivity index (χ4n) is 1.76. The lowest BCUT2D eigenvalue weighted by Gasteiger charge is -2.24. The van der Waals surface area contributed by atoms with Crippen molar-refractivity contribution < 1.29 is 19.2 Å². The lowest BCUT2D eigenvalue weighted by molar-refractivity contribution is -0.138. The van der Waals surface area contributed by atoms with E-state index in [1.54, 1.807) is 27.7 Å². The molecule has 0 saturated heterocycles. The lowest BCUT2D eigenvalue weighted by Crippen LogP contribution is -2.45. The van der Waals surface area contributed by atoms with Crippen LogP contribution in [0, 0.1) is 13.8 Å². The van der Waals surface area contributed by atoms with Crippen molar-refractivity contribution >= 4 is 11.9 Å². The molecular weight excluding hydrogens is 236 g/mol. The van der Waals surface area contributed by atoms with Gasteiger partial charge in [-0.05, 0) is 27.7 Å². The van der Waals surface area contributed by atoms with Crippen LogP contribution in [0.3, 0.4) is 0 Å². The van der Waals surface area contributed by atoms with Gasteiger partial charge in [-0.15, -0.1) is 0 Å². The molecule has 0 fully saturated rings. The van der Waals surface area contributed by atoms with E-state index in [4.69, 9.17) is 9.63 Å². The second kappa shape index (κ2) is 5.20. The van der Waals surface area contributed by atoms with Crippen LogP contribution in [0.1, 0.15) is 37.3 Å². The Morgan fingerprint density at radius 3 is 2.44 bits per heavy atom. The van der Waals surface area contributed by atoms with Crippen LogP contribution in [-0.4, -0.2) is 27.7 Å². The van der Waals surface area contributed by atoms with Crippen molar-refractivity contribution in [3.05, 3.63) is 17.0 Å². The summed E-state index contributed by atoms with van der Waals surface area (Å²) < 4.78 is 4.97. The van der Waals surface area contributed by atoms with E-state index in [1.165, 1.54) is 0 Å². The Hall–Kier alpha value is -1.85. The zero-order chi connectivity index (χ0) is 13.9. The molecule has 0 saturated carbocycles. The molecule has 1 rings (SSSR count). The number of aliphatic carboxylic acids is 1. The Kier molecular flexibility index (Phi) is 4.11. The number of hydrogen-bond donors (Lipinski definition) is 2. The predicted molar refractivity (Wildman–Crippen MR) is 64.2 cm³/mol.